The second kappa shape index (κ2) is 11.7. The molecule has 0 aromatic heterocycles. The van der Waals surface area contributed by atoms with Crippen molar-refractivity contribution in [2.24, 2.45) is 5.92 Å². The Morgan fingerprint density at radius 3 is 2.36 bits per heavy atom. The molecule has 0 saturated carbocycles. The van der Waals surface area contributed by atoms with Crippen LogP contribution in [-0.2, 0) is 19.2 Å². The van der Waals surface area contributed by atoms with Crippen molar-refractivity contribution in [3.63, 3.8) is 0 Å². The fraction of sp³-hybridized carbons (Fsp3) is 0.625. The second-order valence-electron chi connectivity index (χ2n) is 5.54. The van der Waals surface area contributed by atoms with Gasteiger partial charge in [0, 0.05) is 26.1 Å². The first-order valence-electron chi connectivity index (χ1n) is 7.54. The van der Waals surface area contributed by atoms with Crippen molar-refractivity contribution in [2.45, 2.75) is 45.6 Å². The fourth-order valence-corrected chi connectivity index (χ4v) is 1.79. The summed E-state index contributed by atoms with van der Waals surface area (Å²) in [6, 6.07) is -0.430. The summed E-state index contributed by atoms with van der Waals surface area (Å²) in [5.41, 5.74) is 0. The predicted molar refractivity (Wildman–Crippen MR) is 84.1 cm³/mol. The Morgan fingerprint density at radius 2 is 1.82 bits per heavy atom. The van der Waals surface area contributed by atoms with Gasteiger partial charge in [0.25, 0.3) is 0 Å². The van der Waals surface area contributed by atoms with Crippen LogP contribution in [0.3, 0.4) is 0 Å². The van der Waals surface area contributed by atoms with Gasteiger partial charge in [-0.15, -0.1) is 0 Å². The second-order valence-corrected chi connectivity index (χ2v) is 5.54. The summed E-state index contributed by atoms with van der Waals surface area (Å²) in [5.74, 6) is -0.250. The van der Waals surface area contributed by atoms with E-state index < -0.39 is 6.04 Å². The zero-order valence-corrected chi connectivity index (χ0v) is 13.6. The van der Waals surface area contributed by atoms with Gasteiger partial charge in [-0.1, -0.05) is 20.3 Å². The third-order valence-corrected chi connectivity index (χ3v) is 3.28. The average Bonchev–Trinajstić information content (AvgIpc) is 2.49. The lowest BCUT2D eigenvalue weighted by molar-refractivity contribution is -0.125. The Kier molecular flexibility index (Phi) is 10.6. The highest BCUT2D eigenvalue weighted by Gasteiger charge is 2.14. The predicted octanol–water partition coefficient (Wildman–Crippen LogP) is 1.10. The molecule has 0 spiro atoms. The van der Waals surface area contributed by atoms with Crippen LogP contribution in [-0.4, -0.2) is 48.9 Å². The molecule has 2 amide bonds. The molecule has 0 aromatic rings. The van der Waals surface area contributed by atoms with E-state index in [1.54, 1.807) is 7.05 Å². The third-order valence-electron chi connectivity index (χ3n) is 3.28. The van der Waals surface area contributed by atoms with Crippen molar-refractivity contribution in [2.75, 3.05) is 13.6 Å². The van der Waals surface area contributed by atoms with E-state index in [4.69, 9.17) is 0 Å². The van der Waals surface area contributed by atoms with E-state index in [-0.39, 0.29) is 17.7 Å². The minimum Gasteiger partial charge on any atom is -0.346 e. The number of rotatable bonds is 11. The summed E-state index contributed by atoms with van der Waals surface area (Å²) >= 11 is 0. The molecule has 0 aliphatic carbocycles. The zero-order valence-electron chi connectivity index (χ0n) is 13.6. The highest BCUT2D eigenvalue weighted by Crippen LogP contribution is 2.04. The number of carbonyl (C=O) groups excluding carboxylic acids is 4. The number of unbranched alkanes of at least 4 members (excludes halogenated alkanes) is 2. The summed E-state index contributed by atoms with van der Waals surface area (Å²) in [6.07, 6.45) is 6.40. The van der Waals surface area contributed by atoms with E-state index >= 15 is 0 Å². The van der Waals surface area contributed by atoms with Crippen LogP contribution >= 0.6 is 0 Å². The van der Waals surface area contributed by atoms with Gasteiger partial charge in [-0.2, -0.15) is 0 Å². The molecule has 22 heavy (non-hydrogen) atoms. The van der Waals surface area contributed by atoms with E-state index in [1.807, 2.05) is 13.8 Å². The molecule has 1 unspecified atom stereocenters. The number of hydrogen-bond acceptors (Lipinski definition) is 4. The molecule has 0 rings (SSSR count). The van der Waals surface area contributed by atoms with Crippen LogP contribution in [0.4, 0.5) is 0 Å². The van der Waals surface area contributed by atoms with Crippen molar-refractivity contribution < 1.29 is 19.2 Å². The molecule has 0 radical (unpaired) electrons. The minimum atomic E-state index is -0.430. The minimum absolute atomic E-state index is 0.0838. The normalized spacial score (nSPS) is 12.2. The number of nitrogens with one attached hydrogen (secondary N) is 1. The maximum Gasteiger partial charge on any atom is 0.246 e. The van der Waals surface area contributed by atoms with Crippen LogP contribution < -0.4 is 5.32 Å². The monoisotopic (exact) mass is 310 g/mol. The van der Waals surface area contributed by atoms with Crippen LogP contribution in [0.1, 0.15) is 39.5 Å². The van der Waals surface area contributed by atoms with Gasteiger partial charge in [-0.05, 0) is 24.8 Å². The molecule has 1 atom stereocenters. The standard InChI is InChI=1S/C16H26N2O4/c1-13(2)14(12-20)17-15(21)8-5-4-6-10-18(3)16(22)9-7-11-19/h7,9,11-14H,4-6,8,10H2,1-3H3,(H,17,21)/b9-7-. The highest BCUT2D eigenvalue weighted by molar-refractivity contribution is 5.90. The van der Waals surface area contributed by atoms with E-state index in [9.17, 15) is 19.2 Å². The quantitative estimate of drug-likeness (QED) is 0.352. The van der Waals surface area contributed by atoms with Gasteiger partial charge in [0.2, 0.25) is 11.8 Å². The van der Waals surface area contributed by atoms with Crippen LogP contribution in [0.15, 0.2) is 12.2 Å². The Hall–Kier alpha value is -1.98. The Morgan fingerprint density at radius 1 is 1.14 bits per heavy atom. The lowest BCUT2D eigenvalue weighted by Crippen LogP contribution is -2.39. The maximum absolute atomic E-state index is 11.7. The van der Waals surface area contributed by atoms with E-state index in [0.717, 1.165) is 19.1 Å². The zero-order chi connectivity index (χ0) is 17.0. The van der Waals surface area contributed by atoms with E-state index in [1.165, 1.54) is 17.1 Å². The van der Waals surface area contributed by atoms with Gasteiger partial charge in [0.15, 0.2) is 0 Å². The molecule has 6 heteroatoms. The number of amides is 2. The summed E-state index contributed by atoms with van der Waals surface area (Å²) < 4.78 is 0. The largest absolute Gasteiger partial charge is 0.346 e. The molecule has 6 nitrogen and oxygen atoms in total. The van der Waals surface area contributed by atoms with Crippen LogP contribution in [0, 0.1) is 5.92 Å². The molecule has 0 bridgehead atoms. The Labute approximate surface area is 131 Å². The molecule has 0 saturated heterocycles. The SMILES string of the molecule is CC(C)C(C=O)NC(=O)CCCCCN(C)C(=O)/C=C\C=O. The summed E-state index contributed by atoms with van der Waals surface area (Å²) in [7, 11) is 1.67. The molecule has 0 heterocycles. The smallest absolute Gasteiger partial charge is 0.246 e. The van der Waals surface area contributed by atoms with Crippen molar-refractivity contribution in [1.29, 1.82) is 0 Å². The molecular formula is C16H26N2O4. The lowest BCUT2D eigenvalue weighted by Gasteiger charge is -2.16. The van der Waals surface area contributed by atoms with E-state index in [0.29, 0.717) is 25.7 Å². The van der Waals surface area contributed by atoms with Gasteiger partial charge < -0.3 is 15.0 Å². The number of hydrogen-bond donors (Lipinski definition) is 1. The average molecular weight is 310 g/mol. The first-order valence-corrected chi connectivity index (χ1v) is 7.54. The Balaban J connectivity index is 3.82. The highest BCUT2D eigenvalue weighted by atomic mass is 16.2. The molecule has 0 fully saturated rings. The molecule has 0 aliphatic heterocycles. The summed E-state index contributed by atoms with van der Waals surface area (Å²) in [6.45, 7) is 4.34. The van der Waals surface area contributed by atoms with Crippen molar-refractivity contribution in [3.05, 3.63) is 12.2 Å². The van der Waals surface area contributed by atoms with Crippen molar-refractivity contribution >= 4 is 24.4 Å². The van der Waals surface area contributed by atoms with Crippen LogP contribution in [0.25, 0.3) is 0 Å². The molecule has 0 aliphatic rings. The number of allylic oxidation sites excluding steroid dienone is 1. The first-order chi connectivity index (χ1) is 10.4. The molecule has 0 aromatic carbocycles. The van der Waals surface area contributed by atoms with Crippen molar-refractivity contribution in [3.8, 4) is 0 Å². The topological polar surface area (TPSA) is 83.6 Å². The van der Waals surface area contributed by atoms with Crippen LogP contribution in [0.5, 0.6) is 0 Å². The summed E-state index contributed by atoms with van der Waals surface area (Å²) in [4.78, 5) is 45.6. The van der Waals surface area contributed by atoms with E-state index in [2.05, 4.69) is 5.32 Å². The third kappa shape index (κ3) is 9.05. The maximum atomic E-state index is 11.7. The molecule has 1 N–H and O–H groups in total. The fourth-order valence-electron chi connectivity index (χ4n) is 1.79. The van der Waals surface area contributed by atoms with Crippen LogP contribution in [0.2, 0.25) is 0 Å². The first kappa shape index (κ1) is 20.0. The Bertz CT molecular complexity index is 405. The van der Waals surface area contributed by atoms with Crippen molar-refractivity contribution in [1.82, 2.24) is 10.2 Å². The molecule has 124 valence electrons. The van der Waals surface area contributed by atoms with Gasteiger partial charge in [0.1, 0.15) is 12.6 Å². The number of likely N-dealkylation sites (N-methyl/N-ethyl adjacent to an activating group) is 1. The molecular weight excluding hydrogens is 284 g/mol. The number of nitrogens with zero attached hydrogens (tertiary/aromatic N) is 1. The van der Waals surface area contributed by atoms with Gasteiger partial charge in [-0.3, -0.25) is 14.4 Å². The van der Waals surface area contributed by atoms with Gasteiger partial charge in [-0.25, -0.2) is 0 Å². The van der Waals surface area contributed by atoms with Gasteiger partial charge >= 0.3 is 0 Å². The van der Waals surface area contributed by atoms with Gasteiger partial charge in [0.05, 0.1) is 6.04 Å². The number of carbonyl (C=O) groups is 4. The lowest BCUT2D eigenvalue weighted by atomic mass is 10.1. The number of aldehydes is 2. The summed E-state index contributed by atoms with van der Waals surface area (Å²) in [5, 5.41) is 2.69.